The highest BCUT2D eigenvalue weighted by atomic mass is 16.3. The van der Waals surface area contributed by atoms with E-state index >= 15 is 0 Å². The van der Waals surface area contributed by atoms with Crippen LogP contribution in [0, 0.1) is 6.92 Å². The Morgan fingerprint density at radius 1 is 1.14 bits per heavy atom. The molecule has 0 fully saturated rings. The Hall–Kier alpha value is -1.06. The van der Waals surface area contributed by atoms with E-state index in [4.69, 9.17) is 15.9 Å². The van der Waals surface area contributed by atoms with Crippen LogP contribution in [0.4, 0.5) is 5.69 Å². The topological polar surface area (TPSA) is 66.5 Å². The van der Waals surface area contributed by atoms with E-state index < -0.39 is 0 Å². The summed E-state index contributed by atoms with van der Waals surface area (Å²) >= 11 is 0. The molecule has 0 atom stereocenters. The molecule has 1 aromatic rings. The Labute approximate surface area is 84.2 Å². The zero-order valence-corrected chi connectivity index (χ0v) is 8.45. The standard InChI is InChI=1S/C11H17NO2/c1-8-10(5-7-14)9(4-6-13)2-3-11(8)12/h2-3,13-14H,4-7,12H2,1H3. The van der Waals surface area contributed by atoms with Crippen molar-refractivity contribution in [2.75, 3.05) is 18.9 Å². The summed E-state index contributed by atoms with van der Waals surface area (Å²) in [6.45, 7) is 2.19. The van der Waals surface area contributed by atoms with Crippen molar-refractivity contribution in [3.8, 4) is 0 Å². The van der Waals surface area contributed by atoms with E-state index in [2.05, 4.69) is 0 Å². The molecule has 0 saturated heterocycles. The molecule has 0 spiro atoms. The van der Waals surface area contributed by atoms with Crippen molar-refractivity contribution in [2.24, 2.45) is 0 Å². The Morgan fingerprint density at radius 3 is 2.36 bits per heavy atom. The third-order valence-corrected chi connectivity index (χ3v) is 2.48. The van der Waals surface area contributed by atoms with Gasteiger partial charge in [0.25, 0.3) is 0 Å². The number of aliphatic hydroxyl groups excluding tert-OH is 2. The molecule has 3 heteroatoms. The maximum absolute atomic E-state index is 8.92. The summed E-state index contributed by atoms with van der Waals surface area (Å²) < 4.78 is 0. The van der Waals surface area contributed by atoms with Crippen LogP contribution < -0.4 is 5.73 Å². The van der Waals surface area contributed by atoms with Crippen LogP contribution in [-0.2, 0) is 12.8 Å². The van der Waals surface area contributed by atoms with Gasteiger partial charge in [0, 0.05) is 18.9 Å². The molecule has 0 heterocycles. The van der Waals surface area contributed by atoms with Gasteiger partial charge in [-0.25, -0.2) is 0 Å². The van der Waals surface area contributed by atoms with Gasteiger partial charge in [0.2, 0.25) is 0 Å². The van der Waals surface area contributed by atoms with E-state index in [0.29, 0.717) is 12.8 Å². The summed E-state index contributed by atoms with van der Waals surface area (Å²) in [5.41, 5.74) is 9.68. The second-order valence-electron chi connectivity index (χ2n) is 3.36. The number of hydrogen-bond acceptors (Lipinski definition) is 3. The minimum absolute atomic E-state index is 0.114. The molecule has 3 nitrogen and oxygen atoms in total. The number of nitrogens with two attached hydrogens (primary N) is 1. The van der Waals surface area contributed by atoms with Gasteiger partial charge in [-0.2, -0.15) is 0 Å². The van der Waals surface area contributed by atoms with Gasteiger partial charge in [0.05, 0.1) is 0 Å². The van der Waals surface area contributed by atoms with Gasteiger partial charge in [0.1, 0.15) is 0 Å². The zero-order chi connectivity index (χ0) is 10.6. The van der Waals surface area contributed by atoms with Gasteiger partial charge in [-0.1, -0.05) is 6.07 Å². The van der Waals surface area contributed by atoms with E-state index in [0.717, 1.165) is 22.4 Å². The van der Waals surface area contributed by atoms with Crippen LogP contribution in [0.3, 0.4) is 0 Å². The third-order valence-electron chi connectivity index (χ3n) is 2.48. The summed E-state index contributed by atoms with van der Waals surface area (Å²) in [5.74, 6) is 0. The summed E-state index contributed by atoms with van der Waals surface area (Å²) in [4.78, 5) is 0. The molecule has 0 aliphatic rings. The van der Waals surface area contributed by atoms with E-state index in [1.807, 2.05) is 19.1 Å². The molecule has 0 aliphatic heterocycles. The molecule has 0 aliphatic carbocycles. The Balaban J connectivity index is 3.08. The van der Waals surface area contributed by atoms with Crippen LogP contribution in [0.15, 0.2) is 12.1 Å². The van der Waals surface area contributed by atoms with E-state index in [1.54, 1.807) is 0 Å². The molecule has 4 N–H and O–H groups in total. The van der Waals surface area contributed by atoms with Gasteiger partial charge in [-0.15, -0.1) is 0 Å². The summed E-state index contributed by atoms with van der Waals surface area (Å²) in [5, 5.41) is 17.8. The average Bonchev–Trinajstić information content (AvgIpc) is 2.18. The molecule has 0 saturated carbocycles. The number of nitrogen functional groups attached to an aromatic ring is 1. The van der Waals surface area contributed by atoms with Crippen molar-refractivity contribution in [3.63, 3.8) is 0 Å². The van der Waals surface area contributed by atoms with Crippen molar-refractivity contribution < 1.29 is 10.2 Å². The molecule has 0 radical (unpaired) electrons. The first-order valence-electron chi connectivity index (χ1n) is 4.79. The fraction of sp³-hybridized carbons (Fsp3) is 0.455. The molecule has 78 valence electrons. The second-order valence-corrected chi connectivity index (χ2v) is 3.36. The normalized spacial score (nSPS) is 10.5. The lowest BCUT2D eigenvalue weighted by atomic mass is 9.96. The third kappa shape index (κ3) is 2.25. The predicted octanol–water partition coefficient (Wildman–Crippen LogP) is 0.647. The highest BCUT2D eigenvalue weighted by Gasteiger charge is 2.07. The quantitative estimate of drug-likeness (QED) is 0.618. The van der Waals surface area contributed by atoms with Crippen molar-refractivity contribution in [1.82, 2.24) is 0 Å². The van der Waals surface area contributed by atoms with Crippen molar-refractivity contribution in [3.05, 3.63) is 28.8 Å². The highest BCUT2D eigenvalue weighted by molar-refractivity contribution is 5.53. The smallest absolute Gasteiger partial charge is 0.0471 e. The van der Waals surface area contributed by atoms with Crippen LogP contribution in [0.25, 0.3) is 0 Å². The minimum Gasteiger partial charge on any atom is -0.399 e. The molecular weight excluding hydrogens is 178 g/mol. The highest BCUT2D eigenvalue weighted by Crippen LogP contribution is 2.21. The summed E-state index contributed by atoms with van der Waals surface area (Å²) in [7, 11) is 0. The van der Waals surface area contributed by atoms with Crippen LogP contribution in [-0.4, -0.2) is 23.4 Å². The van der Waals surface area contributed by atoms with E-state index in [1.165, 1.54) is 0 Å². The molecular formula is C11H17NO2. The number of benzene rings is 1. The van der Waals surface area contributed by atoms with E-state index in [9.17, 15) is 0 Å². The first kappa shape index (κ1) is 11.0. The summed E-state index contributed by atoms with van der Waals surface area (Å²) in [6, 6.07) is 3.77. The Morgan fingerprint density at radius 2 is 1.79 bits per heavy atom. The van der Waals surface area contributed by atoms with E-state index in [-0.39, 0.29) is 13.2 Å². The first-order chi connectivity index (χ1) is 6.70. The molecule has 14 heavy (non-hydrogen) atoms. The SMILES string of the molecule is Cc1c(N)ccc(CCO)c1CCO. The van der Waals surface area contributed by atoms with Gasteiger partial charge in [0.15, 0.2) is 0 Å². The maximum atomic E-state index is 8.92. The van der Waals surface area contributed by atoms with Crippen LogP contribution >= 0.6 is 0 Å². The number of aliphatic hydroxyl groups is 2. The number of hydrogen-bond donors (Lipinski definition) is 3. The van der Waals surface area contributed by atoms with Gasteiger partial charge < -0.3 is 15.9 Å². The first-order valence-corrected chi connectivity index (χ1v) is 4.79. The van der Waals surface area contributed by atoms with Crippen LogP contribution in [0.1, 0.15) is 16.7 Å². The molecule has 0 bridgehead atoms. The number of rotatable bonds is 4. The van der Waals surface area contributed by atoms with Gasteiger partial charge in [-0.3, -0.25) is 0 Å². The van der Waals surface area contributed by atoms with Crippen molar-refractivity contribution in [1.29, 1.82) is 0 Å². The lowest BCUT2D eigenvalue weighted by molar-refractivity contribution is 0.293. The fourth-order valence-corrected chi connectivity index (χ4v) is 1.65. The van der Waals surface area contributed by atoms with Crippen molar-refractivity contribution in [2.45, 2.75) is 19.8 Å². The second kappa shape index (κ2) is 4.98. The minimum atomic E-state index is 0.114. The molecule has 0 aromatic heterocycles. The van der Waals surface area contributed by atoms with Crippen LogP contribution in [0.2, 0.25) is 0 Å². The van der Waals surface area contributed by atoms with Gasteiger partial charge in [-0.05, 0) is 42.5 Å². The lowest BCUT2D eigenvalue weighted by Gasteiger charge is -2.12. The maximum Gasteiger partial charge on any atom is 0.0471 e. The largest absolute Gasteiger partial charge is 0.399 e. The zero-order valence-electron chi connectivity index (χ0n) is 8.45. The molecule has 0 unspecified atom stereocenters. The molecule has 0 amide bonds. The van der Waals surface area contributed by atoms with Gasteiger partial charge >= 0.3 is 0 Å². The fourth-order valence-electron chi connectivity index (χ4n) is 1.65. The number of anilines is 1. The van der Waals surface area contributed by atoms with Crippen molar-refractivity contribution >= 4 is 5.69 Å². The lowest BCUT2D eigenvalue weighted by Crippen LogP contribution is -2.05. The Bertz CT molecular complexity index is 310. The van der Waals surface area contributed by atoms with Crippen LogP contribution in [0.5, 0.6) is 0 Å². The molecule has 1 aromatic carbocycles. The Kier molecular flexibility index (Phi) is 3.92. The monoisotopic (exact) mass is 195 g/mol. The molecule has 1 rings (SSSR count). The summed E-state index contributed by atoms with van der Waals surface area (Å²) in [6.07, 6.45) is 1.22. The average molecular weight is 195 g/mol. The predicted molar refractivity (Wildman–Crippen MR) is 57.2 cm³/mol.